The Hall–Kier alpha value is -2.54. The van der Waals surface area contributed by atoms with E-state index in [2.05, 4.69) is 10.6 Å². The second-order valence-corrected chi connectivity index (χ2v) is 5.75. The lowest BCUT2D eigenvalue weighted by Crippen LogP contribution is -2.24. The summed E-state index contributed by atoms with van der Waals surface area (Å²) in [4.78, 5) is 12.5. The lowest BCUT2D eigenvalue weighted by molar-refractivity contribution is -0.138. The maximum Gasteiger partial charge on any atom is 0.419 e. The van der Waals surface area contributed by atoms with Crippen LogP contribution < -0.4 is 15.4 Å². The van der Waals surface area contributed by atoms with Crippen molar-refractivity contribution in [2.75, 3.05) is 19.0 Å². The van der Waals surface area contributed by atoms with E-state index in [4.69, 9.17) is 4.74 Å². The minimum atomic E-state index is -4.60. The Kier molecular flexibility index (Phi) is 4.67. The molecule has 1 heterocycles. The molecule has 0 atom stereocenters. The first-order chi connectivity index (χ1) is 11.9. The van der Waals surface area contributed by atoms with Gasteiger partial charge in [-0.15, -0.1) is 0 Å². The highest BCUT2D eigenvalue weighted by Gasteiger charge is 2.36. The quantitative estimate of drug-likeness (QED) is 0.889. The fraction of sp³-hybridized carbons (Fsp3) is 0.278. The van der Waals surface area contributed by atoms with Crippen LogP contribution in [-0.2, 0) is 19.1 Å². The van der Waals surface area contributed by atoms with Crippen LogP contribution in [0.15, 0.2) is 36.4 Å². The summed E-state index contributed by atoms with van der Waals surface area (Å²) in [7, 11) is 1.12. The Morgan fingerprint density at radius 3 is 2.72 bits per heavy atom. The number of rotatable bonds is 3. The molecule has 132 valence electrons. The maximum absolute atomic E-state index is 13.1. The lowest BCUT2D eigenvalue weighted by Gasteiger charge is -2.19. The number of para-hydroxylation sites is 1. The molecule has 2 aromatic rings. The van der Waals surface area contributed by atoms with E-state index in [9.17, 15) is 18.0 Å². The summed E-state index contributed by atoms with van der Waals surface area (Å²) in [6, 6.07) is 8.90. The Bertz CT molecular complexity index is 803. The molecule has 7 heteroatoms. The molecule has 0 spiro atoms. The van der Waals surface area contributed by atoms with Crippen molar-refractivity contribution in [2.45, 2.75) is 19.1 Å². The Morgan fingerprint density at radius 1 is 1.20 bits per heavy atom. The van der Waals surface area contributed by atoms with Gasteiger partial charge in [-0.05, 0) is 48.4 Å². The molecule has 0 fully saturated rings. The molecule has 4 nitrogen and oxygen atoms in total. The number of anilines is 1. The van der Waals surface area contributed by atoms with Gasteiger partial charge in [-0.1, -0.05) is 12.1 Å². The van der Waals surface area contributed by atoms with Crippen LogP contribution in [0, 0.1) is 0 Å². The Morgan fingerprint density at radius 2 is 2.00 bits per heavy atom. The SMILES string of the molecule is COc1c(C(=O)Nc2ccc3c(c2)CNCC3)cccc1C(F)(F)F. The van der Waals surface area contributed by atoms with E-state index >= 15 is 0 Å². The number of fused-ring (bicyclic) bond motifs is 1. The zero-order valence-corrected chi connectivity index (χ0v) is 13.5. The van der Waals surface area contributed by atoms with E-state index in [0.29, 0.717) is 12.2 Å². The summed E-state index contributed by atoms with van der Waals surface area (Å²) in [5.74, 6) is -1.13. The van der Waals surface area contributed by atoms with Crippen LogP contribution in [0.25, 0.3) is 0 Å². The zero-order chi connectivity index (χ0) is 18.0. The molecular formula is C18H17F3N2O2. The van der Waals surface area contributed by atoms with Gasteiger partial charge in [-0.3, -0.25) is 4.79 Å². The molecule has 2 aromatic carbocycles. The Labute approximate surface area is 143 Å². The van der Waals surface area contributed by atoms with Crippen molar-refractivity contribution >= 4 is 11.6 Å². The number of carbonyl (C=O) groups excluding carboxylic acids is 1. The smallest absolute Gasteiger partial charge is 0.419 e. The van der Waals surface area contributed by atoms with Crippen LogP contribution in [0.4, 0.5) is 18.9 Å². The molecule has 0 unspecified atom stereocenters. The van der Waals surface area contributed by atoms with Gasteiger partial charge in [-0.2, -0.15) is 13.2 Å². The van der Waals surface area contributed by atoms with E-state index in [1.165, 1.54) is 17.7 Å². The van der Waals surface area contributed by atoms with Crippen molar-refractivity contribution in [1.82, 2.24) is 5.32 Å². The standard InChI is InChI=1S/C18H17F3N2O2/c1-25-16-14(3-2-4-15(16)18(19,20)21)17(24)23-13-6-5-11-7-8-22-10-12(11)9-13/h2-6,9,22H,7-8,10H2,1H3,(H,23,24). The molecule has 1 amide bonds. The molecule has 2 N–H and O–H groups in total. The number of benzene rings is 2. The van der Waals surface area contributed by atoms with Crippen molar-refractivity contribution in [2.24, 2.45) is 0 Å². The topological polar surface area (TPSA) is 50.4 Å². The molecule has 0 radical (unpaired) electrons. The summed E-state index contributed by atoms with van der Waals surface area (Å²) in [5.41, 5.74) is 1.67. The van der Waals surface area contributed by atoms with E-state index in [0.717, 1.165) is 31.7 Å². The first-order valence-electron chi connectivity index (χ1n) is 7.78. The van der Waals surface area contributed by atoms with Gasteiger partial charge in [0.15, 0.2) is 0 Å². The average Bonchev–Trinajstić information content (AvgIpc) is 2.60. The van der Waals surface area contributed by atoms with Gasteiger partial charge in [0.1, 0.15) is 5.75 Å². The normalized spacial score (nSPS) is 13.9. The van der Waals surface area contributed by atoms with Gasteiger partial charge < -0.3 is 15.4 Å². The van der Waals surface area contributed by atoms with Crippen LogP contribution in [-0.4, -0.2) is 19.6 Å². The molecule has 0 saturated carbocycles. The van der Waals surface area contributed by atoms with Crippen molar-refractivity contribution < 1.29 is 22.7 Å². The molecular weight excluding hydrogens is 333 g/mol. The van der Waals surface area contributed by atoms with Crippen LogP contribution in [0.2, 0.25) is 0 Å². The molecule has 3 rings (SSSR count). The number of halogens is 3. The van der Waals surface area contributed by atoms with Crippen molar-refractivity contribution in [1.29, 1.82) is 0 Å². The van der Waals surface area contributed by atoms with Gasteiger partial charge in [0.25, 0.3) is 5.91 Å². The summed E-state index contributed by atoms with van der Waals surface area (Å²) in [6.07, 6.45) is -3.69. The van der Waals surface area contributed by atoms with Crippen molar-refractivity contribution in [3.8, 4) is 5.75 Å². The van der Waals surface area contributed by atoms with Crippen molar-refractivity contribution in [3.63, 3.8) is 0 Å². The lowest BCUT2D eigenvalue weighted by atomic mass is 10.0. The number of ether oxygens (including phenoxy) is 1. The number of hydrogen-bond acceptors (Lipinski definition) is 3. The predicted molar refractivity (Wildman–Crippen MR) is 87.8 cm³/mol. The average molecular weight is 350 g/mol. The zero-order valence-electron chi connectivity index (χ0n) is 13.5. The highest BCUT2D eigenvalue weighted by Crippen LogP contribution is 2.38. The summed E-state index contributed by atoms with van der Waals surface area (Å²) in [6.45, 7) is 1.60. The van der Waals surface area contributed by atoms with E-state index in [-0.39, 0.29) is 5.56 Å². The van der Waals surface area contributed by atoms with Crippen LogP contribution >= 0.6 is 0 Å². The Balaban J connectivity index is 1.89. The molecule has 0 aliphatic carbocycles. The monoisotopic (exact) mass is 350 g/mol. The number of carbonyl (C=O) groups is 1. The largest absolute Gasteiger partial charge is 0.495 e. The van der Waals surface area contributed by atoms with Crippen LogP contribution in [0.5, 0.6) is 5.75 Å². The molecule has 25 heavy (non-hydrogen) atoms. The first-order valence-corrected chi connectivity index (χ1v) is 7.78. The molecule has 0 saturated heterocycles. The number of nitrogens with one attached hydrogen (secondary N) is 2. The van der Waals surface area contributed by atoms with E-state index in [1.54, 1.807) is 6.07 Å². The summed E-state index contributed by atoms with van der Waals surface area (Å²) < 4.78 is 44.1. The molecule has 0 aromatic heterocycles. The number of hydrogen-bond donors (Lipinski definition) is 2. The molecule has 1 aliphatic heterocycles. The van der Waals surface area contributed by atoms with Crippen molar-refractivity contribution in [3.05, 3.63) is 58.7 Å². The number of methoxy groups -OCH3 is 1. The van der Waals surface area contributed by atoms with Gasteiger partial charge in [0, 0.05) is 12.2 Å². The van der Waals surface area contributed by atoms with E-state index < -0.39 is 23.4 Å². The molecule has 1 aliphatic rings. The van der Waals surface area contributed by atoms with Gasteiger partial charge in [-0.25, -0.2) is 0 Å². The highest BCUT2D eigenvalue weighted by atomic mass is 19.4. The number of alkyl halides is 3. The fourth-order valence-electron chi connectivity index (χ4n) is 2.92. The first kappa shape index (κ1) is 17.3. The second kappa shape index (κ2) is 6.76. The fourth-order valence-corrected chi connectivity index (χ4v) is 2.92. The highest BCUT2D eigenvalue weighted by molar-refractivity contribution is 6.06. The molecule has 0 bridgehead atoms. The minimum absolute atomic E-state index is 0.159. The third-order valence-electron chi connectivity index (χ3n) is 4.12. The van der Waals surface area contributed by atoms with Gasteiger partial charge >= 0.3 is 6.18 Å². The maximum atomic E-state index is 13.1. The van der Waals surface area contributed by atoms with Gasteiger partial charge in [0.2, 0.25) is 0 Å². The van der Waals surface area contributed by atoms with Crippen LogP contribution in [0.1, 0.15) is 27.0 Å². The second-order valence-electron chi connectivity index (χ2n) is 5.75. The third-order valence-corrected chi connectivity index (χ3v) is 4.12. The van der Waals surface area contributed by atoms with Gasteiger partial charge in [0.05, 0.1) is 18.2 Å². The minimum Gasteiger partial charge on any atom is -0.495 e. The van der Waals surface area contributed by atoms with Crippen LogP contribution in [0.3, 0.4) is 0 Å². The predicted octanol–water partition coefficient (Wildman–Crippen LogP) is 3.61. The summed E-state index contributed by atoms with van der Waals surface area (Å²) in [5, 5.41) is 5.89. The summed E-state index contributed by atoms with van der Waals surface area (Å²) >= 11 is 0. The van der Waals surface area contributed by atoms with E-state index in [1.807, 2.05) is 12.1 Å². The number of amides is 1. The third kappa shape index (κ3) is 3.61.